The summed E-state index contributed by atoms with van der Waals surface area (Å²) in [6.07, 6.45) is 4.90. The van der Waals surface area contributed by atoms with Crippen LogP contribution in [0.25, 0.3) is 0 Å². The number of hydrogen-bond acceptors (Lipinski definition) is 1. The van der Waals surface area contributed by atoms with Gasteiger partial charge in [-0.3, -0.25) is 4.99 Å². The molecule has 0 aromatic heterocycles. The molecule has 0 spiro atoms. The molecule has 0 rings (SSSR count). The van der Waals surface area contributed by atoms with Crippen LogP contribution in [0.5, 0.6) is 0 Å². The SMILES string of the molecule is C=C(C)C=N/C(C)=C\CC.CC.CC. The van der Waals surface area contributed by atoms with Gasteiger partial charge in [0.15, 0.2) is 0 Å². The largest absolute Gasteiger partial charge is 0.262 e. The molecule has 1 heteroatoms. The van der Waals surface area contributed by atoms with Gasteiger partial charge >= 0.3 is 0 Å². The number of rotatable bonds is 3. The highest BCUT2D eigenvalue weighted by atomic mass is 14.7. The third-order valence-electron chi connectivity index (χ3n) is 0.988. The van der Waals surface area contributed by atoms with Crippen molar-refractivity contribution in [1.82, 2.24) is 0 Å². The van der Waals surface area contributed by atoms with Crippen molar-refractivity contribution in [3.63, 3.8) is 0 Å². The highest BCUT2D eigenvalue weighted by Gasteiger charge is 1.79. The van der Waals surface area contributed by atoms with Gasteiger partial charge in [0.1, 0.15) is 0 Å². The monoisotopic (exact) mass is 197 g/mol. The van der Waals surface area contributed by atoms with Gasteiger partial charge in [0, 0.05) is 11.9 Å². The quantitative estimate of drug-likeness (QED) is 0.565. The molecule has 0 aromatic rings. The van der Waals surface area contributed by atoms with Gasteiger partial charge in [-0.25, -0.2) is 0 Å². The standard InChI is InChI=1S/C9H15N.2C2H6/c1-5-6-9(4)10-7-8(2)3;2*1-2/h6-7H,2,5H2,1,3-4H3;2*1-2H3/b9-6-,10-7?;;. The van der Waals surface area contributed by atoms with E-state index in [0.29, 0.717) is 0 Å². The van der Waals surface area contributed by atoms with E-state index in [1.165, 1.54) is 0 Å². The number of hydrogen-bond donors (Lipinski definition) is 0. The minimum absolute atomic E-state index is 0.990. The summed E-state index contributed by atoms with van der Waals surface area (Å²) in [6.45, 7) is 17.7. The van der Waals surface area contributed by atoms with Crippen LogP contribution in [0.2, 0.25) is 0 Å². The lowest BCUT2D eigenvalue weighted by atomic mass is 10.3. The predicted octanol–water partition coefficient (Wildman–Crippen LogP) is 5.00. The van der Waals surface area contributed by atoms with E-state index in [1.807, 2.05) is 41.5 Å². The van der Waals surface area contributed by atoms with Gasteiger partial charge in [0.2, 0.25) is 0 Å². The van der Waals surface area contributed by atoms with Crippen LogP contribution in [-0.2, 0) is 0 Å². The fraction of sp³-hybridized carbons (Fsp3) is 0.615. The number of allylic oxidation sites excluding steroid dienone is 3. The summed E-state index contributed by atoms with van der Waals surface area (Å²) in [6, 6.07) is 0. The molecule has 0 fully saturated rings. The van der Waals surface area contributed by atoms with E-state index >= 15 is 0 Å². The summed E-state index contributed by atoms with van der Waals surface area (Å²) in [5.41, 5.74) is 2.05. The average molecular weight is 197 g/mol. The van der Waals surface area contributed by atoms with Crippen LogP contribution in [0.3, 0.4) is 0 Å². The van der Waals surface area contributed by atoms with Crippen molar-refractivity contribution in [2.75, 3.05) is 0 Å². The van der Waals surface area contributed by atoms with Gasteiger partial charge < -0.3 is 0 Å². The van der Waals surface area contributed by atoms with Crippen molar-refractivity contribution in [1.29, 1.82) is 0 Å². The second kappa shape index (κ2) is 18.0. The highest BCUT2D eigenvalue weighted by Crippen LogP contribution is 1.96. The molecule has 0 atom stereocenters. The zero-order valence-electron chi connectivity index (χ0n) is 11.0. The minimum Gasteiger partial charge on any atom is -0.262 e. The molecule has 14 heavy (non-hydrogen) atoms. The molecule has 0 aliphatic carbocycles. The van der Waals surface area contributed by atoms with Crippen molar-refractivity contribution >= 4 is 6.21 Å². The number of nitrogens with zero attached hydrogens (tertiary/aromatic N) is 1. The Morgan fingerprint density at radius 2 is 1.57 bits per heavy atom. The summed E-state index contributed by atoms with van der Waals surface area (Å²) in [7, 11) is 0. The van der Waals surface area contributed by atoms with Crippen LogP contribution >= 0.6 is 0 Å². The fourth-order valence-electron chi connectivity index (χ4n) is 0.560. The molecule has 0 heterocycles. The van der Waals surface area contributed by atoms with E-state index in [0.717, 1.165) is 17.7 Å². The topological polar surface area (TPSA) is 12.4 Å². The van der Waals surface area contributed by atoms with Gasteiger partial charge in [-0.05, 0) is 25.8 Å². The van der Waals surface area contributed by atoms with E-state index in [-0.39, 0.29) is 0 Å². The lowest BCUT2D eigenvalue weighted by molar-refractivity contribution is 1.16. The molecular formula is C13H27N. The lowest BCUT2D eigenvalue weighted by Gasteiger charge is -1.89. The van der Waals surface area contributed by atoms with Gasteiger partial charge in [-0.2, -0.15) is 0 Å². The summed E-state index contributed by atoms with van der Waals surface area (Å²) in [5, 5.41) is 0. The zero-order chi connectivity index (χ0) is 12.0. The Kier molecular flexibility index (Phi) is 24.3. The Bertz CT molecular complexity index is 164. The maximum absolute atomic E-state index is 4.15. The smallest absolute Gasteiger partial charge is 0.0332 e. The average Bonchev–Trinajstić information content (AvgIpc) is 2.21. The highest BCUT2D eigenvalue weighted by molar-refractivity contribution is 5.77. The minimum atomic E-state index is 0.990. The van der Waals surface area contributed by atoms with E-state index in [2.05, 4.69) is 24.6 Å². The summed E-state index contributed by atoms with van der Waals surface area (Å²) >= 11 is 0. The molecule has 0 aliphatic heterocycles. The van der Waals surface area contributed by atoms with E-state index < -0.39 is 0 Å². The predicted molar refractivity (Wildman–Crippen MR) is 70.1 cm³/mol. The molecule has 0 unspecified atom stereocenters. The van der Waals surface area contributed by atoms with E-state index in [4.69, 9.17) is 0 Å². The van der Waals surface area contributed by atoms with Crippen molar-refractivity contribution in [3.05, 3.63) is 23.9 Å². The van der Waals surface area contributed by atoms with Crippen LogP contribution < -0.4 is 0 Å². The third-order valence-corrected chi connectivity index (χ3v) is 0.988. The Morgan fingerprint density at radius 1 is 1.14 bits per heavy atom. The first-order valence-electron chi connectivity index (χ1n) is 5.53. The molecule has 0 amide bonds. The van der Waals surface area contributed by atoms with Gasteiger partial charge in [-0.1, -0.05) is 47.3 Å². The van der Waals surface area contributed by atoms with Gasteiger partial charge in [-0.15, -0.1) is 0 Å². The van der Waals surface area contributed by atoms with Crippen LogP contribution in [-0.4, -0.2) is 6.21 Å². The van der Waals surface area contributed by atoms with Crippen molar-refractivity contribution in [2.24, 2.45) is 4.99 Å². The second-order valence-electron chi connectivity index (χ2n) is 2.36. The first-order chi connectivity index (χ1) is 6.66. The maximum Gasteiger partial charge on any atom is 0.0332 e. The molecule has 1 nitrogen and oxygen atoms in total. The normalized spacial score (nSPS) is 9.79. The molecule has 0 saturated heterocycles. The molecule has 0 bridgehead atoms. The molecule has 0 radical (unpaired) electrons. The van der Waals surface area contributed by atoms with Crippen molar-refractivity contribution in [2.45, 2.75) is 54.9 Å². The first kappa shape index (κ1) is 18.8. The molecule has 84 valence electrons. The molecule has 0 N–H and O–H groups in total. The maximum atomic E-state index is 4.15. The Morgan fingerprint density at radius 3 is 1.86 bits per heavy atom. The van der Waals surface area contributed by atoms with Crippen LogP contribution in [0.1, 0.15) is 54.9 Å². The third kappa shape index (κ3) is 22.5. The van der Waals surface area contributed by atoms with E-state index in [1.54, 1.807) is 6.21 Å². The van der Waals surface area contributed by atoms with Gasteiger partial charge in [0.05, 0.1) is 0 Å². The summed E-state index contributed by atoms with van der Waals surface area (Å²) in [5.74, 6) is 0. The van der Waals surface area contributed by atoms with E-state index in [9.17, 15) is 0 Å². The zero-order valence-corrected chi connectivity index (χ0v) is 11.0. The van der Waals surface area contributed by atoms with Gasteiger partial charge in [0.25, 0.3) is 0 Å². The summed E-state index contributed by atoms with van der Waals surface area (Å²) in [4.78, 5) is 4.15. The second-order valence-corrected chi connectivity index (χ2v) is 2.36. The van der Waals surface area contributed by atoms with Crippen LogP contribution in [0.15, 0.2) is 28.9 Å². The molecule has 0 saturated carbocycles. The van der Waals surface area contributed by atoms with Crippen molar-refractivity contribution in [3.8, 4) is 0 Å². The Hall–Kier alpha value is -0.850. The van der Waals surface area contributed by atoms with Crippen LogP contribution in [0.4, 0.5) is 0 Å². The molecular weight excluding hydrogens is 170 g/mol. The molecule has 0 aliphatic rings. The van der Waals surface area contributed by atoms with Crippen molar-refractivity contribution < 1.29 is 0 Å². The molecule has 0 aromatic carbocycles. The lowest BCUT2D eigenvalue weighted by Crippen LogP contribution is -1.75. The number of aliphatic imine (C=N–C) groups is 1. The Labute approximate surface area is 90.6 Å². The Balaban J connectivity index is -0.000000266. The summed E-state index contributed by atoms with van der Waals surface area (Å²) < 4.78 is 0. The first-order valence-corrected chi connectivity index (χ1v) is 5.53. The van der Waals surface area contributed by atoms with Crippen LogP contribution in [0, 0.1) is 0 Å². The fourth-order valence-corrected chi connectivity index (χ4v) is 0.560.